The Morgan fingerprint density at radius 3 is 2.92 bits per heavy atom. The van der Waals surface area contributed by atoms with E-state index in [0.717, 1.165) is 5.71 Å². The largest absolute Gasteiger partial charge is 0.394 e. The summed E-state index contributed by atoms with van der Waals surface area (Å²) in [5.74, 6) is -0.214. The van der Waals surface area contributed by atoms with Crippen molar-refractivity contribution in [2.45, 2.75) is 13.3 Å². The Kier molecular flexibility index (Phi) is 3.39. The third-order valence-electron chi connectivity index (χ3n) is 2.10. The first-order valence-corrected chi connectivity index (χ1v) is 4.38. The van der Waals surface area contributed by atoms with Crippen LogP contribution in [0.3, 0.4) is 0 Å². The van der Waals surface area contributed by atoms with Crippen LogP contribution in [0.4, 0.5) is 0 Å². The quantitative estimate of drug-likeness (QED) is 0.599. The highest BCUT2D eigenvalue weighted by molar-refractivity contribution is 6.06. The van der Waals surface area contributed by atoms with E-state index < -0.39 is 0 Å². The maximum Gasteiger partial charge on any atom is 0.251 e. The Morgan fingerprint density at radius 1 is 1.69 bits per heavy atom. The number of hydrazone groups is 1. The zero-order chi connectivity index (χ0) is 9.84. The predicted octanol–water partition coefficient (Wildman–Crippen LogP) is -0.838. The Morgan fingerprint density at radius 2 is 2.38 bits per heavy atom. The molecule has 5 nitrogen and oxygen atoms in total. The van der Waals surface area contributed by atoms with Crippen molar-refractivity contribution in [1.82, 2.24) is 5.01 Å². The van der Waals surface area contributed by atoms with Gasteiger partial charge in [0.1, 0.15) is 0 Å². The van der Waals surface area contributed by atoms with Crippen LogP contribution in [-0.2, 0) is 4.79 Å². The number of carbonyl (C=O) groups is 1. The van der Waals surface area contributed by atoms with Gasteiger partial charge in [0.2, 0.25) is 0 Å². The number of hydrogen-bond donors (Lipinski definition) is 2. The van der Waals surface area contributed by atoms with Crippen LogP contribution in [0.5, 0.6) is 0 Å². The summed E-state index contributed by atoms with van der Waals surface area (Å²) in [4.78, 5) is 11.5. The van der Waals surface area contributed by atoms with Crippen molar-refractivity contribution in [3.63, 3.8) is 0 Å². The second-order valence-corrected chi connectivity index (χ2v) is 3.06. The topological polar surface area (TPSA) is 78.9 Å². The third kappa shape index (κ3) is 2.05. The number of β-amino-alcohol motifs (C(OH)–C–C–N with tert-alkyl or cyclic N) is 1. The minimum atomic E-state index is -0.170. The highest BCUT2D eigenvalue weighted by Crippen LogP contribution is 2.17. The van der Waals surface area contributed by atoms with Crippen LogP contribution in [-0.4, -0.2) is 41.4 Å². The highest BCUT2D eigenvalue weighted by atomic mass is 16.3. The van der Waals surface area contributed by atoms with Crippen LogP contribution >= 0.6 is 0 Å². The summed E-state index contributed by atoms with van der Waals surface area (Å²) < 4.78 is 0. The van der Waals surface area contributed by atoms with Crippen LogP contribution in [0, 0.1) is 5.92 Å². The number of aliphatic hydroxyl groups excluding tert-OH is 1. The van der Waals surface area contributed by atoms with E-state index in [1.807, 2.05) is 6.92 Å². The molecular formula is C8H15N3O2. The van der Waals surface area contributed by atoms with Crippen molar-refractivity contribution >= 4 is 11.6 Å². The molecule has 1 rings (SSSR count). The lowest BCUT2D eigenvalue weighted by Gasteiger charge is -2.11. The standard InChI is InChI=1S/C8H15N3O2/c1-6-7(2-3-9)8(13)11(10-6)4-5-12/h7,12H,2-5,9H2,1H3. The molecule has 1 atom stereocenters. The molecule has 0 spiro atoms. The SMILES string of the molecule is CC1=NN(CCO)C(=O)C1CCN. The monoisotopic (exact) mass is 185 g/mol. The molecule has 5 heteroatoms. The van der Waals surface area contributed by atoms with Gasteiger partial charge in [-0.05, 0) is 19.9 Å². The molecule has 0 aromatic heterocycles. The molecule has 0 radical (unpaired) electrons. The van der Waals surface area contributed by atoms with Gasteiger partial charge in [-0.25, -0.2) is 5.01 Å². The van der Waals surface area contributed by atoms with E-state index in [-0.39, 0.29) is 25.0 Å². The lowest BCUT2D eigenvalue weighted by molar-refractivity contribution is -0.132. The summed E-state index contributed by atoms with van der Waals surface area (Å²) in [6.07, 6.45) is 0.635. The summed E-state index contributed by atoms with van der Waals surface area (Å²) in [7, 11) is 0. The Labute approximate surface area is 77.2 Å². The van der Waals surface area contributed by atoms with Crippen molar-refractivity contribution in [2.75, 3.05) is 19.7 Å². The molecular weight excluding hydrogens is 170 g/mol. The molecule has 0 aromatic carbocycles. The lowest BCUT2D eigenvalue weighted by Crippen LogP contribution is -2.30. The molecule has 0 bridgehead atoms. The van der Waals surface area contributed by atoms with Crippen molar-refractivity contribution in [2.24, 2.45) is 16.8 Å². The fourth-order valence-corrected chi connectivity index (χ4v) is 1.42. The van der Waals surface area contributed by atoms with Gasteiger partial charge in [0.25, 0.3) is 5.91 Å². The molecule has 3 N–H and O–H groups in total. The molecule has 13 heavy (non-hydrogen) atoms. The van der Waals surface area contributed by atoms with Crippen LogP contribution in [0.2, 0.25) is 0 Å². The molecule has 0 fully saturated rings. The van der Waals surface area contributed by atoms with Gasteiger partial charge in [0.15, 0.2) is 0 Å². The third-order valence-corrected chi connectivity index (χ3v) is 2.10. The Bertz CT molecular complexity index is 227. The highest BCUT2D eigenvalue weighted by Gasteiger charge is 2.31. The summed E-state index contributed by atoms with van der Waals surface area (Å²) in [5.41, 5.74) is 6.17. The minimum absolute atomic E-state index is 0.0444. The predicted molar refractivity (Wildman–Crippen MR) is 49.1 cm³/mol. The van der Waals surface area contributed by atoms with Crippen LogP contribution in [0.25, 0.3) is 0 Å². The van der Waals surface area contributed by atoms with Crippen molar-refractivity contribution in [3.05, 3.63) is 0 Å². The first-order valence-electron chi connectivity index (χ1n) is 4.38. The molecule has 1 aliphatic rings. The van der Waals surface area contributed by atoms with Gasteiger partial charge in [-0.1, -0.05) is 0 Å². The Hall–Kier alpha value is -0.940. The summed E-state index contributed by atoms with van der Waals surface area (Å²) in [6, 6.07) is 0. The molecule has 0 saturated heterocycles. The first-order chi connectivity index (χ1) is 6.20. The second-order valence-electron chi connectivity index (χ2n) is 3.06. The van der Waals surface area contributed by atoms with E-state index in [2.05, 4.69) is 5.10 Å². The molecule has 0 aliphatic carbocycles. The van der Waals surface area contributed by atoms with Gasteiger partial charge < -0.3 is 10.8 Å². The molecule has 1 unspecified atom stereocenters. The lowest BCUT2D eigenvalue weighted by atomic mass is 10.0. The molecule has 0 saturated carbocycles. The molecule has 74 valence electrons. The first kappa shape index (κ1) is 10.1. The van der Waals surface area contributed by atoms with E-state index in [0.29, 0.717) is 13.0 Å². The fraction of sp³-hybridized carbons (Fsp3) is 0.750. The maximum absolute atomic E-state index is 11.5. The number of aliphatic hydroxyl groups is 1. The Balaban J connectivity index is 2.62. The smallest absolute Gasteiger partial charge is 0.251 e. The van der Waals surface area contributed by atoms with Crippen molar-refractivity contribution in [3.8, 4) is 0 Å². The van der Waals surface area contributed by atoms with Gasteiger partial charge in [-0.15, -0.1) is 0 Å². The van der Waals surface area contributed by atoms with E-state index >= 15 is 0 Å². The summed E-state index contributed by atoms with van der Waals surface area (Å²) in [5, 5.41) is 14.0. The summed E-state index contributed by atoms with van der Waals surface area (Å²) >= 11 is 0. The number of hydrogen-bond acceptors (Lipinski definition) is 4. The number of nitrogens with zero attached hydrogens (tertiary/aromatic N) is 2. The van der Waals surface area contributed by atoms with Gasteiger partial charge in [0, 0.05) is 5.71 Å². The molecule has 1 heterocycles. The van der Waals surface area contributed by atoms with E-state index in [9.17, 15) is 4.79 Å². The van der Waals surface area contributed by atoms with Crippen molar-refractivity contribution < 1.29 is 9.90 Å². The average Bonchev–Trinajstić information content (AvgIpc) is 2.34. The van der Waals surface area contributed by atoms with Gasteiger partial charge in [-0.3, -0.25) is 4.79 Å². The van der Waals surface area contributed by atoms with Crippen LogP contribution in [0.1, 0.15) is 13.3 Å². The normalized spacial score (nSPS) is 22.4. The fourth-order valence-electron chi connectivity index (χ4n) is 1.42. The number of rotatable bonds is 4. The average molecular weight is 185 g/mol. The van der Waals surface area contributed by atoms with Gasteiger partial charge >= 0.3 is 0 Å². The summed E-state index contributed by atoms with van der Waals surface area (Å²) in [6.45, 7) is 2.51. The van der Waals surface area contributed by atoms with Crippen molar-refractivity contribution in [1.29, 1.82) is 0 Å². The number of amides is 1. The van der Waals surface area contributed by atoms with Crippen LogP contribution < -0.4 is 5.73 Å². The van der Waals surface area contributed by atoms with E-state index in [4.69, 9.17) is 10.8 Å². The zero-order valence-corrected chi connectivity index (χ0v) is 7.73. The number of nitrogens with two attached hydrogens (primary N) is 1. The minimum Gasteiger partial charge on any atom is -0.394 e. The second kappa shape index (κ2) is 4.34. The molecule has 0 aromatic rings. The van der Waals surface area contributed by atoms with Crippen LogP contribution in [0.15, 0.2) is 5.10 Å². The zero-order valence-electron chi connectivity index (χ0n) is 7.73. The maximum atomic E-state index is 11.5. The molecule has 1 aliphatic heterocycles. The molecule has 1 amide bonds. The van der Waals surface area contributed by atoms with Gasteiger partial charge in [0.05, 0.1) is 19.1 Å². The van der Waals surface area contributed by atoms with Gasteiger partial charge in [-0.2, -0.15) is 5.10 Å². The van der Waals surface area contributed by atoms with E-state index in [1.165, 1.54) is 5.01 Å². The van der Waals surface area contributed by atoms with E-state index in [1.54, 1.807) is 0 Å². The number of carbonyl (C=O) groups excluding carboxylic acids is 1.